The summed E-state index contributed by atoms with van der Waals surface area (Å²) in [5.41, 5.74) is 6.28. The van der Waals surface area contributed by atoms with Gasteiger partial charge in [-0.1, -0.05) is 13.8 Å². The van der Waals surface area contributed by atoms with Crippen molar-refractivity contribution in [3.8, 4) is 0 Å². The molecule has 0 aliphatic heterocycles. The predicted molar refractivity (Wildman–Crippen MR) is 71.5 cm³/mol. The fraction of sp³-hybridized carbons (Fsp3) is 0.500. The minimum atomic E-state index is -0.598. The molecule has 1 rings (SSSR count). The summed E-state index contributed by atoms with van der Waals surface area (Å²) in [5, 5.41) is 0. The number of esters is 1. The predicted octanol–water partition coefficient (Wildman–Crippen LogP) is 2.55. The van der Waals surface area contributed by atoms with Crippen molar-refractivity contribution in [2.75, 3.05) is 25.6 Å². The molecule has 0 bridgehead atoms. The van der Waals surface area contributed by atoms with Gasteiger partial charge in [0.15, 0.2) is 0 Å². The van der Waals surface area contributed by atoms with E-state index < -0.39 is 11.8 Å². The van der Waals surface area contributed by atoms with Gasteiger partial charge >= 0.3 is 5.97 Å². The van der Waals surface area contributed by atoms with Crippen LogP contribution < -0.4 is 5.73 Å². The van der Waals surface area contributed by atoms with Crippen molar-refractivity contribution in [3.05, 3.63) is 29.1 Å². The molecule has 0 fully saturated rings. The first-order valence-electron chi connectivity index (χ1n) is 6.22. The minimum absolute atomic E-state index is 0.115. The van der Waals surface area contributed by atoms with Crippen molar-refractivity contribution >= 4 is 11.7 Å². The average molecular weight is 269 g/mol. The number of anilines is 1. The Labute approximate surface area is 112 Å². The summed E-state index contributed by atoms with van der Waals surface area (Å²) < 4.78 is 23.7. The van der Waals surface area contributed by atoms with Gasteiger partial charge in [0.25, 0.3) is 0 Å². The second-order valence-electron chi connectivity index (χ2n) is 4.78. The molecule has 0 aromatic heterocycles. The van der Waals surface area contributed by atoms with Crippen molar-refractivity contribution in [2.45, 2.75) is 20.8 Å². The third-order valence-electron chi connectivity index (χ3n) is 2.53. The summed E-state index contributed by atoms with van der Waals surface area (Å²) in [6.45, 7) is 6.70. The van der Waals surface area contributed by atoms with E-state index >= 15 is 0 Å². The Morgan fingerprint density at radius 3 is 2.63 bits per heavy atom. The van der Waals surface area contributed by atoms with E-state index in [4.69, 9.17) is 15.2 Å². The Hall–Kier alpha value is -1.62. The van der Waals surface area contributed by atoms with Gasteiger partial charge in [0.2, 0.25) is 0 Å². The molecule has 0 heterocycles. The molecule has 0 aliphatic rings. The van der Waals surface area contributed by atoms with Crippen molar-refractivity contribution in [1.29, 1.82) is 0 Å². The molecule has 0 saturated heterocycles. The summed E-state index contributed by atoms with van der Waals surface area (Å²) in [7, 11) is 0. The van der Waals surface area contributed by atoms with Gasteiger partial charge in [-0.2, -0.15) is 0 Å². The van der Waals surface area contributed by atoms with E-state index in [0.717, 1.165) is 6.07 Å². The summed E-state index contributed by atoms with van der Waals surface area (Å²) in [5.74, 6) is -0.677. The average Bonchev–Trinajstić information content (AvgIpc) is 2.34. The zero-order valence-corrected chi connectivity index (χ0v) is 11.5. The molecular formula is C14H20FNO3. The molecule has 0 amide bonds. The number of ether oxygens (including phenoxy) is 2. The van der Waals surface area contributed by atoms with Crippen molar-refractivity contribution in [1.82, 2.24) is 0 Å². The van der Waals surface area contributed by atoms with Gasteiger partial charge in [0, 0.05) is 17.9 Å². The molecule has 2 N–H and O–H groups in total. The van der Waals surface area contributed by atoms with Crippen LogP contribution in [-0.2, 0) is 9.47 Å². The summed E-state index contributed by atoms with van der Waals surface area (Å²) in [4.78, 5) is 11.7. The van der Waals surface area contributed by atoms with Crippen LogP contribution >= 0.6 is 0 Å². The number of nitrogen functional groups attached to an aromatic ring is 1. The van der Waals surface area contributed by atoms with E-state index in [9.17, 15) is 9.18 Å². The molecule has 4 nitrogen and oxygen atoms in total. The first-order chi connectivity index (χ1) is 8.91. The third kappa shape index (κ3) is 4.87. The number of rotatable bonds is 6. The van der Waals surface area contributed by atoms with Gasteiger partial charge in [-0.3, -0.25) is 0 Å². The molecule has 0 unspecified atom stereocenters. The van der Waals surface area contributed by atoms with Gasteiger partial charge in [-0.25, -0.2) is 9.18 Å². The van der Waals surface area contributed by atoms with Gasteiger partial charge in [-0.05, 0) is 25.0 Å². The van der Waals surface area contributed by atoms with Crippen LogP contribution in [0.15, 0.2) is 12.1 Å². The quantitative estimate of drug-likeness (QED) is 0.490. The number of benzene rings is 1. The first-order valence-corrected chi connectivity index (χ1v) is 6.22. The van der Waals surface area contributed by atoms with Crippen LogP contribution in [-0.4, -0.2) is 25.8 Å². The standard InChI is InChI=1S/C14H20FNO3/c1-9(2)8-18-4-5-19-14(17)11-6-12(15)10(3)13(16)7-11/h6-7,9H,4-5,8,16H2,1-3H3. The Morgan fingerprint density at radius 2 is 2.05 bits per heavy atom. The Kier molecular flexibility index (Phi) is 5.76. The van der Waals surface area contributed by atoms with Gasteiger partial charge < -0.3 is 15.2 Å². The highest BCUT2D eigenvalue weighted by Gasteiger charge is 2.12. The molecule has 0 radical (unpaired) electrons. The summed E-state index contributed by atoms with van der Waals surface area (Å²) in [6.07, 6.45) is 0. The van der Waals surface area contributed by atoms with E-state index in [0.29, 0.717) is 24.7 Å². The van der Waals surface area contributed by atoms with E-state index in [1.54, 1.807) is 6.92 Å². The topological polar surface area (TPSA) is 61.6 Å². The highest BCUT2D eigenvalue weighted by atomic mass is 19.1. The number of nitrogens with two attached hydrogens (primary N) is 1. The largest absolute Gasteiger partial charge is 0.460 e. The van der Waals surface area contributed by atoms with E-state index in [1.165, 1.54) is 6.07 Å². The van der Waals surface area contributed by atoms with Crippen LogP contribution in [0, 0.1) is 18.7 Å². The lowest BCUT2D eigenvalue weighted by atomic mass is 10.1. The molecular weight excluding hydrogens is 249 g/mol. The summed E-state index contributed by atoms with van der Waals surface area (Å²) in [6, 6.07) is 2.54. The molecule has 19 heavy (non-hydrogen) atoms. The van der Waals surface area contributed by atoms with Crippen molar-refractivity contribution in [3.63, 3.8) is 0 Å². The second kappa shape index (κ2) is 7.09. The third-order valence-corrected chi connectivity index (χ3v) is 2.53. The van der Waals surface area contributed by atoms with Gasteiger partial charge in [-0.15, -0.1) is 0 Å². The Balaban J connectivity index is 2.46. The fourth-order valence-electron chi connectivity index (χ4n) is 1.41. The molecule has 5 heteroatoms. The number of hydrogen-bond acceptors (Lipinski definition) is 4. The van der Waals surface area contributed by atoms with Crippen LogP contribution in [0.25, 0.3) is 0 Å². The zero-order chi connectivity index (χ0) is 14.4. The molecule has 0 atom stereocenters. The van der Waals surface area contributed by atoms with Crippen molar-refractivity contribution < 1.29 is 18.7 Å². The first kappa shape index (κ1) is 15.4. The van der Waals surface area contributed by atoms with Crippen LogP contribution in [0.2, 0.25) is 0 Å². The van der Waals surface area contributed by atoms with Gasteiger partial charge in [0.1, 0.15) is 12.4 Å². The molecule has 0 aliphatic carbocycles. The van der Waals surface area contributed by atoms with Crippen LogP contribution in [0.4, 0.5) is 10.1 Å². The van der Waals surface area contributed by atoms with Crippen LogP contribution in [0.1, 0.15) is 29.8 Å². The number of carbonyl (C=O) groups is 1. The highest BCUT2D eigenvalue weighted by molar-refractivity contribution is 5.90. The fourth-order valence-corrected chi connectivity index (χ4v) is 1.41. The van der Waals surface area contributed by atoms with Crippen molar-refractivity contribution in [2.24, 2.45) is 5.92 Å². The normalized spacial score (nSPS) is 10.8. The van der Waals surface area contributed by atoms with Crippen LogP contribution in [0.5, 0.6) is 0 Å². The maximum absolute atomic E-state index is 13.4. The SMILES string of the molecule is Cc1c(N)cc(C(=O)OCCOCC(C)C)cc1F. The highest BCUT2D eigenvalue weighted by Crippen LogP contribution is 2.18. The lowest BCUT2D eigenvalue weighted by molar-refractivity contribution is 0.0277. The lowest BCUT2D eigenvalue weighted by Gasteiger charge is -2.09. The number of hydrogen-bond donors (Lipinski definition) is 1. The zero-order valence-electron chi connectivity index (χ0n) is 11.5. The minimum Gasteiger partial charge on any atom is -0.460 e. The van der Waals surface area contributed by atoms with E-state index in [1.807, 2.05) is 13.8 Å². The molecule has 1 aromatic carbocycles. The Morgan fingerprint density at radius 1 is 1.37 bits per heavy atom. The van der Waals surface area contributed by atoms with E-state index in [2.05, 4.69) is 0 Å². The molecule has 1 aromatic rings. The maximum Gasteiger partial charge on any atom is 0.338 e. The summed E-state index contributed by atoms with van der Waals surface area (Å²) >= 11 is 0. The lowest BCUT2D eigenvalue weighted by Crippen LogP contribution is -2.13. The number of halogens is 1. The maximum atomic E-state index is 13.4. The van der Waals surface area contributed by atoms with Crippen LogP contribution in [0.3, 0.4) is 0 Å². The van der Waals surface area contributed by atoms with Gasteiger partial charge in [0.05, 0.1) is 12.2 Å². The Bertz CT molecular complexity index is 423. The monoisotopic (exact) mass is 269 g/mol. The molecule has 0 spiro atoms. The number of carbonyl (C=O) groups excluding carboxylic acids is 1. The smallest absolute Gasteiger partial charge is 0.338 e. The van der Waals surface area contributed by atoms with E-state index in [-0.39, 0.29) is 17.9 Å². The molecule has 0 saturated carbocycles. The molecule has 106 valence electrons. The second-order valence-corrected chi connectivity index (χ2v) is 4.78.